The van der Waals surface area contributed by atoms with Crippen molar-refractivity contribution >= 4 is 16.5 Å². The minimum absolute atomic E-state index is 0.283. The first-order valence-corrected chi connectivity index (χ1v) is 10.9. The molecule has 2 aromatic rings. The van der Waals surface area contributed by atoms with E-state index in [4.69, 9.17) is 0 Å². The molecule has 0 amide bonds. The number of hydrogen-bond donors (Lipinski definition) is 0. The van der Waals surface area contributed by atoms with Gasteiger partial charge in [-0.25, -0.2) is 0 Å². The lowest BCUT2D eigenvalue weighted by molar-refractivity contribution is 0.220. The summed E-state index contributed by atoms with van der Waals surface area (Å²) in [7, 11) is 0. The maximum atomic E-state index is 4.48. The summed E-state index contributed by atoms with van der Waals surface area (Å²) in [6.45, 7) is 13.0. The smallest absolute Gasteiger partial charge is 0.0925 e. The lowest BCUT2D eigenvalue weighted by Gasteiger charge is -2.27. The van der Waals surface area contributed by atoms with Crippen molar-refractivity contribution in [3.8, 4) is 0 Å². The first kappa shape index (κ1) is 23.3. The van der Waals surface area contributed by atoms with Crippen molar-refractivity contribution in [3.63, 3.8) is 0 Å². The summed E-state index contributed by atoms with van der Waals surface area (Å²) >= 11 is 0. The SMILES string of the molecule is C=C/C=C(\C/C=C\CC)CC(C)N1CC=C(c2ccc3cnccc3c2)N=N1.CC. The Morgan fingerprint density at radius 3 is 2.73 bits per heavy atom. The number of benzene rings is 1. The number of fused-ring (bicyclic) bond motifs is 1. The van der Waals surface area contributed by atoms with E-state index in [9.17, 15) is 0 Å². The molecule has 1 atom stereocenters. The Morgan fingerprint density at radius 1 is 1.20 bits per heavy atom. The van der Waals surface area contributed by atoms with Gasteiger partial charge in [0, 0.05) is 23.3 Å². The number of pyridine rings is 1. The maximum Gasteiger partial charge on any atom is 0.0925 e. The van der Waals surface area contributed by atoms with E-state index >= 15 is 0 Å². The van der Waals surface area contributed by atoms with Crippen LogP contribution in [0.5, 0.6) is 0 Å². The molecule has 0 radical (unpaired) electrons. The Labute approximate surface area is 181 Å². The lowest BCUT2D eigenvalue weighted by atomic mass is 10.0. The summed E-state index contributed by atoms with van der Waals surface area (Å²) in [5, 5.41) is 13.3. The van der Waals surface area contributed by atoms with E-state index in [1.165, 1.54) is 11.0 Å². The Balaban J connectivity index is 0.00000155. The largest absolute Gasteiger partial charge is 0.271 e. The fourth-order valence-electron chi connectivity index (χ4n) is 3.32. The molecule has 158 valence electrons. The van der Waals surface area contributed by atoms with E-state index in [-0.39, 0.29) is 6.04 Å². The number of allylic oxidation sites excluding steroid dienone is 4. The molecule has 1 unspecified atom stereocenters. The van der Waals surface area contributed by atoms with Gasteiger partial charge in [0.2, 0.25) is 0 Å². The molecule has 1 aliphatic heterocycles. The lowest BCUT2D eigenvalue weighted by Crippen LogP contribution is -2.29. The first-order valence-electron chi connectivity index (χ1n) is 10.9. The van der Waals surface area contributed by atoms with E-state index < -0.39 is 0 Å². The molecule has 0 fully saturated rings. The van der Waals surface area contributed by atoms with Gasteiger partial charge in [0.25, 0.3) is 0 Å². The zero-order chi connectivity index (χ0) is 21.8. The van der Waals surface area contributed by atoms with Gasteiger partial charge < -0.3 is 0 Å². The third-order valence-electron chi connectivity index (χ3n) is 4.88. The van der Waals surface area contributed by atoms with E-state index in [1.807, 2.05) is 38.4 Å². The second-order valence-corrected chi connectivity index (χ2v) is 7.04. The highest BCUT2D eigenvalue weighted by molar-refractivity contribution is 5.85. The summed E-state index contributed by atoms with van der Waals surface area (Å²) in [6, 6.07) is 8.61. The summed E-state index contributed by atoms with van der Waals surface area (Å²) in [4.78, 5) is 4.17. The fraction of sp³-hybridized carbons (Fsp3) is 0.346. The van der Waals surface area contributed by atoms with Crippen molar-refractivity contribution in [2.24, 2.45) is 10.3 Å². The fourth-order valence-corrected chi connectivity index (χ4v) is 3.32. The second kappa shape index (κ2) is 12.5. The number of rotatable bonds is 8. The minimum atomic E-state index is 0.283. The standard InChI is InChI=1S/C24H28N4.C2H6/c1-4-6-7-9-20(8-5-2)16-19(3)28-15-13-24(26-27-28)22-10-11-23-18-25-14-12-21(23)17-22;1-2/h5-8,10-14,17-19H,2,4,9,15-16H2,1,3H3;1-2H3/b7-6-,20-8+;. The summed E-state index contributed by atoms with van der Waals surface area (Å²) < 4.78 is 0. The molecule has 0 aliphatic carbocycles. The molecule has 0 bridgehead atoms. The van der Waals surface area contributed by atoms with Gasteiger partial charge in [-0.1, -0.05) is 74.6 Å². The monoisotopic (exact) mass is 402 g/mol. The third-order valence-corrected chi connectivity index (χ3v) is 4.88. The van der Waals surface area contributed by atoms with Crippen LogP contribution in [0.4, 0.5) is 0 Å². The molecule has 30 heavy (non-hydrogen) atoms. The quantitative estimate of drug-likeness (QED) is 0.338. The van der Waals surface area contributed by atoms with Crippen LogP contribution in [0.15, 0.2) is 89.5 Å². The van der Waals surface area contributed by atoms with E-state index in [1.54, 1.807) is 0 Å². The zero-order valence-corrected chi connectivity index (χ0v) is 18.8. The molecule has 4 heteroatoms. The van der Waals surface area contributed by atoms with Crippen LogP contribution in [0.1, 0.15) is 52.5 Å². The predicted octanol–water partition coefficient (Wildman–Crippen LogP) is 7.53. The van der Waals surface area contributed by atoms with E-state index in [0.29, 0.717) is 0 Å². The van der Waals surface area contributed by atoms with Gasteiger partial charge in [-0.2, -0.15) is 0 Å². The second-order valence-electron chi connectivity index (χ2n) is 7.04. The Bertz CT molecular complexity index is 937. The van der Waals surface area contributed by atoms with Crippen LogP contribution >= 0.6 is 0 Å². The van der Waals surface area contributed by atoms with Crippen LogP contribution in [0.3, 0.4) is 0 Å². The van der Waals surface area contributed by atoms with Crippen molar-refractivity contribution in [2.75, 3.05) is 6.54 Å². The van der Waals surface area contributed by atoms with E-state index in [2.05, 4.69) is 83.3 Å². The molecule has 1 aromatic carbocycles. The van der Waals surface area contributed by atoms with Crippen molar-refractivity contribution in [2.45, 2.75) is 53.0 Å². The zero-order valence-electron chi connectivity index (χ0n) is 18.8. The molecule has 0 spiro atoms. The van der Waals surface area contributed by atoms with Gasteiger partial charge in [-0.3, -0.25) is 9.99 Å². The number of nitrogens with zero attached hydrogens (tertiary/aromatic N) is 4. The molecular weight excluding hydrogens is 368 g/mol. The molecule has 3 rings (SSSR count). The van der Waals surface area contributed by atoms with Crippen LogP contribution in [0.2, 0.25) is 0 Å². The Morgan fingerprint density at radius 2 is 2.03 bits per heavy atom. The van der Waals surface area contributed by atoms with Crippen LogP contribution in [0, 0.1) is 0 Å². The topological polar surface area (TPSA) is 40.9 Å². The normalized spacial score (nSPS) is 15.0. The number of hydrogen-bond acceptors (Lipinski definition) is 4. The molecule has 4 nitrogen and oxygen atoms in total. The van der Waals surface area contributed by atoms with Crippen LogP contribution in [-0.4, -0.2) is 22.6 Å². The average molecular weight is 403 g/mol. The maximum absolute atomic E-state index is 4.48. The summed E-state index contributed by atoms with van der Waals surface area (Å²) in [5.41, 5.74) is 3.38. The highest BCUT2D eigenvalue weighted by Gasteiger charge is 2.16. The highest BCUT2D eigenvalue weighted by Crippen LogP contribution is 2.26. The Hall–Kier alpha value is -3.01. The first-order chi connectivity index (χ1) is 14.7. The summed E-state index contributed by atoms with van der Waals surface area (Å²) in [5.74, 6) is 0. The molecule has 1 aliphatic rings. The van der Waals surface area contributed by atoms with Crippen LogP contribution < -0.4 is 0 Å². The van der Waals surface area contributed by atoms with Crippen molar-refractivity contribution in [1.29, 1.82) is 0 Å². The van der Waals surface area contributed by atoms with Gasteiger partial charge in [0.1, 0.15) is 0 Å². The van der Waals surface area contributed by atoms with Gasteiger partial charge >= 0.3 is 0 Å². The predicted molar refractivity (Wildman–Crippen MR) is 129 cm³/mol. The van der Waals surface area contributed by atoms with Crippen LogP contribution in [0.25, 0.3) is 16.5 Å². The van der Waals surface area contributed by atoms with Crippen molar-refractivity contribution < 1.29 is 0 Å². The van der Waals surface area contributed by atoms with E-state index in [0.717, 1.165) is 42.5 Å². The molecule has 0 saturated heterocycles. The molecular formula is C26H34N4. The Kier molecular flexibility index (Phi) is 9.72. The number of aromatic nitrogens is 1. The van der Waals surface area contributed by atoms with Crippen molar-refractivity contribution in [3.05, 3.63) is 84.8 Å². The molecule has 1 aromatic heterocycles. The third kappa shape index (κ3) is 6.51. The molecule has 0 saturated carbocycles. The van der Waals surface area contributed by atoms with Gasteiger partial charge in [-0.15, -0.1) is 5.11 Å². The summed E-state index contributed by atoms with van der Waals surface area (Å²) in [6.07, 6.45) is 17.2. The van der Waals surface area contributed by atoms with Gasteiger partial charge in [-0.05, 0) is 49.8 Å². The van der Waals surface area contributed by atoms with Gasteiger partial charge in [0.15, 0.2) is 0 Å². The minimum Gasteiger partial charge on any atom is -0.271 e. The molecule has 0 N–H and O–H groups in total. The average Bonchev–Trinajstić information content (AvgIpc) is 2.80. The van der Waals surface area contributed by atoms with Gasteiger partial charge in [0.05, 0.1) is 18.3 Å². The highest BCUT2D eigenvalue weighted by atomic mass is 15.6. The van der Waals surface area contributed by atoms with Crippen molar-refractivity contribution in [1.82, 2.24) is 9.99 Å². The van der Waals surface area contributed by atoms with Crippen LogP contribution in [-0.2, 0) is 0 Å². The molecule has 2 heterocycles.